The van der Waals surface area contributed by atoms with Gasteiger partial charge in [-0.25, -0.2) is 4.98 Å². The number of nitrogens with one attached hydrogen (secondary N) is 1. The number of hydrogen-bond donors (Lipinski definition) is 1. The van der Waals surface area contributed by atoms with E-state index in [1.807, 2.05) is 17.5 Å². The third kappa shape index (κ3) is 3.50. The minimum absolute atomic E-state index is 0.166. The van der Waals surface area contributed by atoms with E-state index in [-0.39, 0.29) is 5.91 Å². The van der Waals surface area contributed by atoms with Crippen molar-refractivity contribution in [3.8, 4) is 11.3 Å². The first-order valence-corrected chi connectivity index (χ1v) is 7.87. The van der Waals surface area contributed by atoms with E-state index < -0.39 is 0 Å². The van der Waals surface area contributed by atoms with E-state index in [0.29, 0.717) is 17.1 Å². The Labute approximate surface area is 136 Å². The quantitative estimate of drug-likeness (QED) is 0.792. The highest BCUT2D eigenvalue weighted by Gasteiger charge is 2.08. The molecule has 1 aromatic carbocycles. The highest BCUT2D eigenvalue weighted by atomic mass is 35.5. The maximum atomic E-state index is 12.0. The average Bonchev–Trinajstić information content (AvgIpc) is 3.02. The number of aromatic nitrogens is 2. The lowest BCUT2D eigenvalue weighted by atomic mass is 10.2. The van der Waals surface area contributed by atoms with Crippen molar-refractivity contribution in [2.75, 3.05) is 0 Å². The fraction of sp³-hybridized carbons (Fsp3) is 0.0625. The van der Waals surface area contributed by atoms with Gasteiger partial charge in [0.05, 0.1) is 12.2 Å². The van der Waals surface area contributed by atoms with Crippen molar-refractivity contribution >= 4 is 28.8 Å². The summed E-state index contributed by atoms with van der Waals surface area (Å²) in [6.07, 6.45) is 3.49. The van der Waals surface area contributed by atoms with E-state index in [9.17, 15) is 4.79 Å². The lowest BCUT2D eigenvalue weighted by Crippen LogP contribution is -2.22. The molecular weight excluding hydrogens is 318 g/mol. The maximum Gasteiger partial charge on any atom is 0.251 e. The Balaban J connectivity index is 1.65. The van der Waals surface area contributed by atoms with Crippen molar-refractivity contribution in [3.63, 3.8) is 0 Å². The highest BCUT2D eigenvalue weighted by Crippen LogP contribution is 2.20. The molecule has 0 fully saturated rings. The molecule has 22 heavy (non-hydrogen) atoms. The number of rotatable bonds is 4. The largest absolute Gasteiger partial charge is 0.346 e. The summed E-state index contributed by atoms with van der Waals surface area (Å²) in [6, 6.07) is 10.7. The van der Waals surface area contributed by atoms with Crippen molar-refractivity contribution in [1.29, 1.82) is 0 Å². The van der Waals surface area contributed by atoms with E-state index in [1.165, 1.54) is 11.3 Å². The summed E-state index contributed by atoms with van der Waals surface area (Å²) < 4.78 is 0. The molecule has 0 spiro atoms. The third-order valence-corrected chi connectivity index (χ3v) is 4.08. The van der Waals surface area contributed by atoms with E-state index in [1.54, 1.807) is 36.7 Å². The molecule has 0 unspecified atom stereocenters. The van der Waals surface area contributed by atoms with Crippen LogP contribution < -0.4 is 5.32 Å². The second kappa shape index (κ2) is 6.68. The van der Waals surface area contributed by atoms with Gasteiger partial charge >= 0.3 is 0 Å². The first-order valence-electron chi connectivity index (χ1n) is 6.61. The van der Waals surface area contributed by atoms with Gasteiger partial charge in [-0.3, -0.25) is 9.78 Å². The Hall–Kier alpha value is -2.24. The smallest absolute Gasteiger partial charge is 0.251 e. The summed E-state index contributed by atoms with van der Waals surface area (Å²) in [5.74, 6) is -0.166. The van der Waals surface area contributed by atoms with Crippen LogP contribution >= 0.6 is 22.9 Å². The van der Waals surface area contributed by atoms with Gasteiger partial charge in [0.25, 0.3) is 5.91 Å². The van der Waals surface area contributed by atoms with Gasteiger partial charge in [-0.2, -0.15) is 0 Å². The molecule has 110 valence electrons. The second-order valence-electron chi connectivity index (χ2n) is 4.56. The van der Waals surface area contributed by atoms with Crippen LogP contribution in [0.5, 0.6) is 0 Å². The Kier molecular flexibility index (Phi) is 4.46. The van der Waals surface area contributed by atoms with Crippen LogP contribution in [0.15, 0.2) is 54.2 Å². The molecule has 2 heterocycles. The number of thiazole rings is 1. The van der Waals surface area contributed by atoms with Crippen LogP contribution in [0, 0.1) is 0 Å². The van der Waals surface area contributed by atoms with E-state index in [4.69, 9.17) is 11.6 Å². The molecule has 1 N–H and O–H groups in total. The fourth-order valence-electron chi connectivity index (χ4n) is 1.93. The zero-order chi connectivity index (χ0) is 15.4. The molecule has 0 saturated heterocycles. The van der Waals surface area contributed by atoms with Gasteiger partial charge in [0.2, 0.25) is 0 Å². The summed E-state index contributed by atoms with van der Waals surface area (Å²) >= 11 is 7.39. The number of halogens is 1. The molecule has 3 aromatic rings. The maximum absolute atomic E-state index is 12.0. The first kappa shape index (κ1) is 14.7. The van der Waals surface area contributed by atoms with Gasteiger partial charge < -0.3 is 5.32 Å². The molecule has 0 aliphatic rings. The van der Waals surface area contributed by atoms with Crippen molar-refractivity contribution in [3.05, 3.63) is 69.8 Å². The SMILES string of the molecule is O=C(NCc1nc(-c2cccnc2)cs1)c1cccc(Cl)c1. The number of amides is 1. The zero-order valence-electron chi connectivity index (χ0n) is 11.5. The molecule has 0 bridgehead atoms. The molecule has 4 nitrogen and oxygen atoms in total. The van der Waals surface area contributed by atoms with Crippen LogP contribution in [-0.4, -0.2) is 15.9 Å². The predicted octanol–water partition coefficient (Wildman–Crippen LogP) is 3.79. The Bertz CT molecular complexity index is 789. The lowest BCUT2D eigenvalue weighted by molar-refractivity contribution is 0.0951. The van der Waals surface area contributed by atoms with Gasteiger partial charge in [0.1, 0.15) is 5.01 Å². The summed E-state index contributed by atoms with van der Waals surface area (Å²) in [5, 5.41) is 6.18. The number of pyridine rings is 1. The van der Waals surface area contributed by atoms with Crippen molar-refractivity contribution in [2.45, 2.75) is 6.54 Å². The summed E-state index contributed by atoms with van der Waals surface area (Å²) in [5.41, 5.74) is 2.37. The van der Waals surface area contributed by atoms with Crippen LogP contribution in [0.2, 0.25) is 5.02 Å². The molecule has 2 aromatic heterocycles. The number of carbonyl (C=O) groups is 1. The van der Waals surface area contributed by atoms with Crippen molar-refractivity contribution < 1.29 is 4.79 Å². The Morgan fingerprint density at radius 3 is 2.95 bits per heavy atom. The van der Waals surface area contributed by atoms with Crippen molar-refractivity contribution in [1.82, 2.24) is 15.3 Å². The van der Waals surface area contributed by atoms with Crippen LogP contribution in [0.25, 0.3) is 11.3 Å². The molecule has 0 atom stereocenters. The zero-order valence-corrected chi connectivity index (χ0v) is 13.1. The number of nitrogens with zero attached hydrogens (tertiary/aromatic N) is 2. The first-order chi connectivity index (χ1) is 10.7. The Morgan fingerprint density at radius 2 is 2.18 bits per heavy atom. The molecule has 0 aliphatic heterocycles. The molecule has 3 rings (SSSR count). The second-order valence-corrected chi connectivity index (χ2v) is 5.94. The van der Waals surface area contributed by atoms with Gasteiger partial charge in [-0.15, -0.1) is 11.3 Å². The summed E-state index contributed by atoms with van der Waals surface area (Å²) in [4.78, 5) is 20.6. The molecular formula is C16H12ClN3OS. The number of carbonyl (C=O) groups excluding carboxylic acids is 1. The predicted molar refractivity (Wildman–Crippen MR) is 88.0 cm³/mol. The third-order valence-electron chi connectivity index (χ3n) is 3.00. The van der Waals surface area contributed by atoms with Crippen LogP contribution in [0.4, 0.5) is 0 Å². The summed E-state index contributed by atoms with van der Waals surface area (Å²) in [7, 11) is 0. The van der Waals surface area contributed by atoms with Crippen molar-refractivity contribution in [2.24, 2.45) is 0 Å². The standard InChI is InChI=1S/C16H12ClN3OS/c17-13-5-1-3-11(7-13)16(21)19-9-15-20-14(10-22-15)12-4-2-6-18-8-12/h1-8,10H,9H2,(H,19,21). The van der Waals surface area contributed by atoms with Gasteiger partial charge in [-0.1, -0.05) is 17.7 Å². The van der Waals surface area contributed by atoms with Gasteiger partial charge in [-0.05, 0) is 30.3 Å². The molecule has 6 heteroatoms. The Morgan fingerprint density at radius 1 is 1.27 bits per heavy atom. The fourth-order valence-corrected chi connectivity index (χ4v) is 2.86. The molecule has 1 amide bonds. The number of hydrogen-bond acceptors (Lipinski definition) is 4. The number of benzene rings is 1. The van der Waals surface area contributed by atoms with E-state index in [0.717, 1.165) is 16.3 Å². The molecule has 0 saturated carbocycles. The van der Waals surface area contributed by atoms with Gasteiger partial charge in [0, 0.05) is 33.9 Å². The van der Waals surface area contributed by atoms with E-state index >= 15 is 0 Å². The van der Waals surface area contributed by atoms with Crippen LogP contribution in [0.1, 0.15) is 15.4 Å². The monoisotopic (exact) mass is 329 g/mol. The minimum Gasteiger partial charge on any atom is -0.346 e. The topological polar surface area (TPSA) is 54.9 Å². The van der Waals surface area contributed by atoms with Crippen LogP contribution in [0.3, 0.4) is 0 Å². The highest BCUT2D eigenvalue weighted by molar-refractivity contribution is 7.09. The molecule has 0 aliphatic carbocycles. The van der Waals surface area contributed by atoms with Crippen LogP contribution in [-0.2, 0) is 6.54 Å². The van der Waals surface area contributed by atoms with E-state index in [2.05, 4.69) is 15.3 Å². The minimum atomic E-state index is -0.166. The normalized spacial score (nSPS) is 10.4. The average molecular weight is 330 g/mol. The summed E-state index contributed by atoms with van der Waals surface area (Å²) in [6.45, 7) is 0.385. The lowest BCUT2D eigenvalue weighted by Gasteiger charge is -2.03. The molecule has 0 radical (unpaired) electrons. The van der Waals surface area contributed by atoms with Gasteiger partial charge in [0.15, 0.2) is 0 Å².